The molecule has 0 saturated carbocycles. The summed E-state index contributed by atoms with van der Waals surface area (Å²) in [6.45, 7) is 2.62. The number of likely N-dealkylation sites (tertiary alicyclic amines) is 1. The zero-order valence-corrected chi connectivity index (χ0v) is 18.5. The first-order valence-corrected chi connectivity index (χ1v) is 11.1. The van der Waals surface area contributed by atoms with Gasteiger partial charge in [0.1, 0.15) is 5.01 Å². The van der Waals surface area contributed by atoms with E-state index in [4.69, 9.17) is 14.2 Å². The van der Waals surface area contributed by atoms with Gasteiger partial charge in [-0.05, 0) is 43.9 Å². The number of rotatable bonds is 8. The molecule has 7 nitrogen and oxygen atoms in total. The summed E-state index contributed by atoms with van der Waals surface area (Å²) >= 11 is 1.44. The van der Waals surface area contributed by atoms with E-state index in [2.05, 4.69) is 11.9 Å². The van der Waals surface area contributed by atoms with Gasteiger partial charge >= 0.3 is 5.97 Å². The van der Waals surface area contributed by atoms with Gasteiger partial charge in [-0.25, -0.2) is 4.98 Å². The Kier molecular flexibility index (Phi) is 7.68. The Hall–Kier alpha value is -2.61. The summed E-state index contributed by atoms with van der Waals surface area (Å²) < 4.78 is 15.8. The van der Waals surface area contributed by atoms with Crippen LogP contribution in [0.25, 0.3) is 10.6 Å². The first kappa shape index (κ1) is 22.1. The van der Waals surface area contributed by atoms with Crippen molar-refractivity contribution in [2.75, 3.05) is 27.4 Å². The maximum absolute atomic E-state index is 12.4. The summed E-state index contributed by atoms with van der Waals surface area (Å²) in [5.74, 6) is 0.704. The van der Waals surface area contributed by atoms with Crippen LogP contribution in [-0.2, 0) is 20.7 Å². The second-order valence-corrected chi connectivity index (χ2v) is 8.05. The highest BCUT2D eigenvalue weighted by Gasteiger charge is 2.26. The highest BCUT2D eigenvalue weighted by Crippen LogP contribution is 2.33. The number of thiazole rings is 1. The highest BCUT2D eigenvalue weighted by atomic mass is 32.1. The Morgan fingerprint density at radius 2 is 2.00 bits per heavy atom. The molecule has 0 N–H and O–H groups in total. The second-order valence-electron chi connectivity index (χ2n) is 7.20. The normalized spacial score (nSPS) is 16.2. The molecule has 0 aliphatic carbocycles. The largest absolute Gasteiger partial charge is 0.493 e. The molecule has 162 valence electrons. The van der Waals surface area contributed by atoms with Crippen LogP contribution < -0.4 is 9.47 Å². The van der Waals surface area contributed by atoms with E-state index in [1.807, 2.05) is 28.5 Å². The third kappa shape index (κ3) is 5.30. The number of carbonyl (C=O) groups is 2. The van der Waals surface area contributed by atoms with E-state index in [0.717, 1.165) is 42.8 Å². The van der Waals surface area contributed by atoms with Crippen molar-refractivity contribution in [1.82, 2.24) is 9.88 Å². The van der Waals surface area contributed by atoms with Crippen molar-refractivity contribution in [2.24, 2.45) is 0 Å². The van der Waals surface area contributed by atoms with Crippen LogP contribution in [0, 0.1) is 0 Å². The van der Waals surface area contributed by atoms with Crippen LogP contribution in [0.4, 0.5) is 0 Å². The van der Waals surface area contributed by atoms with Crippen molar-refractivity contribution < 1.29 is 23.8 Å². The molecule has 1 aliphatic rings. The number of hydrogen-bond acceptors (Lipinski definition) is 7. The summed E-state index contributed by atoms with van der Waals surface area (Å²) in [5.41, 5.74) is 1.50. The summed E-state index contributed by atoms with van der Waals surface area (Å²) in [4.78, 5) is 31.0. The van der Waals surface area contributed by atoms with Crippen LogP contribution in [-0.4, -0.2) is 55.2 Å². The predicted molar refractivity (Wildman–Crippen MR) is 115 cm³/mol. The fourth-order valence-electron chi connectivity index (χ4n) is 3.67. The number of nitrogens with zero attached hydrogens (tertiary/aromatic N) is 2. The molecule has 8 heteroatoms. The van der Waals surface area contributed by atoms with E-state index in [1.54, 1.807) is 14.2 Å². The lowest BCUT2D eigenvalue weighted by molar-refractivity contribution is -0.153. The van der Waals surface area contributed by atoms with Crippen molar-refractivity contribution in [3.8, 4) is 22.1 Å². The van der Waals surface area contributed by atoms with Gasteiger partial charge in [-0.2, -0.15) is 0 Å². The number of esters is 1. The molecule has 1 saturated heterocycles. The van der Waals surface area contributed by atoms with Gasteiger partial charge in [-0.15, -0.1) is 11.3 Å². The fourth-order valence-corrected chi connectivity index (χ4v) is 4.48. The molecule has 2 heterocycles. The number of piperidine rings is 1. The quantitative estimate of drug-likeness (QED) is 0.592. The van der Waals surface area contributed by atoms with Crippen molar-refractivity contribution in [3.63, 3.8) is 0 Å². The van der Waals surface area contributed by atoms with E-state index < -0.39 is 5.97 Å². The average molecular weight is 433 g/mol. The molecule has 1 amide bonds. The van der Waals surface area contributed by atoms with Crippen molar-refractivity contribution in [2.45, 2.75) is 45.1 Å². The zero-order chi connectivity index (χ0) is 21.5. The van der Waals surface area contributed by atoms with Crippen molar-refractivity contribution in [3.05, 3.63) is 29.3 Å². The van der Waals surface area contributed by atoms with Crippen LogP contribution in [0.2, 0.25) is 0 Å². The number of methoxy groups -OCH3 is 2. The minimum absolute atomic E-state index is 0.0360. The average Bonchev–Trinajstić information content (AvgIpc) is 3.25. The van der Waals surface area contributed by atoms with E-state index in [9.17, 15) is 9.59 Å². The predicted octanol–water partition coefficient (Wildman–Crippen LogP) is 3.70. The van der Waals surface area contributed by atoms with E-state index in [1.165, 1.54) is 11.3 Å². The van der Waals surface area contributed by atoms with E-state index >= 15 is 0 Å². The number of carbonyl (C=O) groups excluding carboxylic acids is 2. The van der Waals surface area contributed by atoms with Gasteiger partial charge in [0.15, 0.2) is 18.1 Å². The molecule has 0 bridgehead atoms. The minimum Gasteiger partial charge on any atom is -0.493 e. The third-order valence-corrected chi connectivity index (χ3v) is 6.22. The Bertz CT molecular complexity index is 882. The molecule has 1 aromatic carbocycles. The van der Waals surface area contributed by atoms with Gasteiger partial charge in [-0.3, -0.25) is 9.59 Å². The van der Waals surface area contributed by atoms with Gasteiger partial charge < -0.3 is 19.1 Å². The number of hydrogen-bond donors (Lipinski definition) is 0. The summed E-state index contributed by atoms with van der Waals surface area (Å²) in [5, 5.41) is 2.60. The Morgan fingerprint density at radius 1 is 1.20 bits per heavy atom. The van der Waals surface area contributed by atoms with Gasteiger partial charge in [0.05, 0.1) is 26.3 Å². The van der Waals surface area contributed by atoms with Gasteiger partial charge in [0.2, 0.25) is 0 Å². The minimum atomic E-state index is -0.447. The number of benzene rings is 1. The molecule has 0 spiro atoms. The number of amides is 1. The highest BCUT2D eigenvalue weighted by molar-refractivity contribution is 7.13. The maximum Gasteiger partial charge on any atom is 0.312 e. The molecule has 30 heavy (non-hydrogen) atoms. The molecule has 0 radical (unpaired) electrons. The van der Waals surface area contributed by atoms with Crippen molar-refractivity contribution in [1.29, 1.82) is 0 Å². The first-order chi connectivity index (χ1) is 14.5. The monoisotopic (exact) mass is 432 g/mol. The molecule has 1 atom stereocenters. The summed E-state index contributed by atoms with van der Waals surface area (Å²) in [6, 6.07) is 5.82. The number of aromatic nitrogens is 1. The summed E-state index contributed by atoms with van der Waals surface area (Å²) in [7, 11) is 3.17. The Labute approximate surface area is 181 Å². The smallest absolute Gasteiger partial charge is 0.312 e. The lowest BCUT2D eigenvalue weighted by Gasteiger charge is -2.35. The van der Waals surface area contributed by atoms with Crippen LogP contribution in [0.5, 0.6) is 11.5 Å². The number of ether oxygens (including phenoxy) is 3. The maximum atomic E-state index is 12.4. The molecular weight excluding hydrogens is 404 g/mol. The van der Waals surface area contributed by atoms with Crippen LogP contribution in [0.1, 0.15) is 38.3 Å². The molecule has 1 fully saturated rings. The van der Waals surface area contributed by atoms with Crippen LogP contribution >= 0.6 is 11.3 Å². The molecular formula is C22H28N2O5S. The van der Waals surface area contributed by atoms with Crippen LogP contribution in [0.15, 0.2) is 23.6 Å². The van der Waals surface area contributed by atoms with Crippen LogP contribution in [0.3, 0.4) is 0 Å². The zero-order valence-electron chi connectivity index (χ0n) is 17.7. The molecule has 2 aromatic rings. The Morgan fingerprint density at radius 3 is 2.73 bits per heavy atom. The fraction of sp³-hybridized carbons (Fsp3) is 0.500. The van der Waals surface area contributed by atoms with E-state index in [0.29, 0.717) is 17.2 Å². The molecule has 1 unspecified atom stereocenters. The molecule has 1 aromatic heterocycles. The lowest BCUT2D eigenvalue weighted by Crippen LogP contribution is -2.45. The van der Waals surface area contributed by atoms with Crippen molar-refractivity contribution >= 4 is 23.2 Å². The SMILES string of the molecule is CCC1CCCCN1C(=O)COC(=O)Cc1csc(-c2ccc(OC)c(OC)c2)n1. The van der Waals surface area contributed by atoms with Gasteiger partial charge in [-0.1, -0.05) is 6.92 Å². The van der Waals surface area contributed by atoms with E-state index in [-0.39, 0.29) is 25.0 Å². The topological polar surface area (TPSA) is 78.0 Å². The first-order valence-electron chi connectivity index (χ1n) is 10.2. The Balaban J connectivity index is 1.55. The summed E-state index contributed by atoms with van der Waals surface area (Å²) in [6.07, 6.45) is 4.14. The molecule has 1 aliphatic heterocycles. The van der Waals surface area contributed by atoms with Gasteiger partial charge in [0.25, 0.3) is 5.91 Å². The van der Waals surface area contributed by atoms with Gasteiger partial charge in [0, 0.05) is 23.5 Å². The standard InChI is InChI=1S/C22H28N2O5S/c1-4-17-7-5-6-10-24(17)20(25)13-29-21(26)12-16-14-30-22(23-16)15-8-9-18(27-2)19(11-15)28-3/h8-9,11,14,17H,4-7,10,12-13H2,1-3H3. The third-order valence-electron chi connectivity index (χ3n) is 5.28. The lowest BCUT2D eigenvalue weighted by atomic mass is 10.00. The molecule has 3 rings (SSSR count). The second kappa shape index (κ2) is 10.4.